The number of sulfonamides is 1. The summed E-state index contributed by atoms with van der Waals surface area (Å²) in [6.45, 7) is 1.88. The summed E-state index contributed by atoms with van der Waals surface area (Å²) in [5.74, 6) is 0. The average molecular weight is 331 g/mol. The van der Waals surface area contributed by atoms with Crippen LogP contribution < -0.4 is 0 Å². The molecule has 0 fully saturated rings. The molecule has 2 aromatic rings. The van der Waals surface area contributed by atoms with Crippen molar-refractivity contribution < 1.29 is 8.42 Å². The molecule has 1 atom stereocenters. The summed E-state index contributed by atoms with van der Waals surface area (Å²) in [6.07, 6.45) is 3.42. The zero-order chi connectivity index (χ0) is 14.8. The van der Waals surface area contributed by atoms with Crippen molar-refractivity contribution in [1.82, 2.24) is 9.29 Å². The lowest BCUT2D eigenvalue weighted by Crippen LogP contribution is -2.36. The number of hydrogen-bond acceptors (Lipinski definition) is 4. The molecule has 0 amide bonds. The summed E-state index contributed by atoms with van der Waals surface area (Å²) in [6, 6.07) is 5.28. The normalized spacial score (nSPS) is 13.6. The predicted molar refractivity (Wildman–Crippen MR) is 81.7 cm³/mol. The number of pyridine rings is 1. The van der Waals surface area contributed by atoms with E-state index in [2.05, 4.69) is 4.98 Å². The Morgan fingerprint density at radius 2 is 2.20 bits per heavy atom. The van der Waals surface area contributed by atoms with Crippen LogP contribution in [-0.2, 0) is 16.4 Å². The van der Waals surface area contributed by atoms with Crippen LogP contribution in [0.3, 0.4) is 0 Å². The molecule has 2 heterocycles. The Hall–Kier alpha value is -0.950. The van der Waals surface area contributed by atoms with E-state index in [1.54, 1.807) is 18.4 Å². The number of likely N-dealkylation sites (N-methyl/N-ethyl adjacent to an activating group) is 1. The zero-order valence-corrected chi connectivity index (χ0v) is 13.5. The Morgan fingerprint density at radius 1 is 1.45 bits per heavy atom. The van der Waals surface area contributed by atoms with Gasteiger partial charge in [0.25, 0.3) is 0 Å². The smallest absolute Gasteiger partial charge is 0.246 e. The molecule has 0 aliphatic heterocycles. The quantitative estimate of drug-likeness (QED) is 0.846. The molecule has 0 N–H and O–H groups in total. The Labute approximate surface area is 128 Å². The third-order valence-electron chi connectivity index (χ3n) is 3.09. The van der Waals surface area contributed by atoms with E-state index in [4.69, 9.17) is 11.6 Å². The summed E-state index contributed by atoms with van der Waals surface area (Å²) in [5.41, 5.74) is 0. The molecule has 0 bridgehead atoms. The van der Waals surface area contributed by atoms with E-state index < -0.39 is 10.0 Å². The first-order valence-electron chi connectivity index (χ1n) is 6.03. The summed E-state index contributed by atoms with van der Waals surface area (Å²) in [5, 5.41) is 2.17. The first-order valence-corrected chi connectivity index (χ1v) is 8.72. The van der Waals surface area contributed by atoms with Gasteiger partial charge in [-0.2, -0.15) is 4.31 Å². The Kier molecular flexibility index (Phi) is 4.80. The minimum absolute atomic E-state index is 0.0437. The van der Waals surface area contributed by atoms with Crippen molar-refractivity contribution in [3.05, 3.63) is 45.9 Å². The number of thiophene rings is 1. The lowest BCUT2D eigenvalue weighted by Gasteiger charge is -2.24. The number of halogens is 1. The van der Waals surface area contributed by atoms with Crippen LogP contribution in [0.5, 0.6) is 0 Å². The van der Waals surface area contributed by atoms with Crippen LogP contribution in [0.25, 0.3) is 0 Å². The van der Waals surface area contributed by atoms with E-state index in [0.29, 0.717) is 6.42 Å². The summed E-state index contributed by atoms with van der Waals surface area (Å²) in [7, 11) is -2.06. The molecule has 0 saturated heterocycles. The topological polar surface area (TPSA) is 50.3 Å². The minimum atomic E-state index is -3.63. The monoisotopic (exact) mass is 330 g/mol. The second-order valence-electron chi connectivity index (χ2n) is 4.46. The Bertz CT molecular complexity index is 671. The molecule has 7 heteroatoms. The van der Waals surface area contributed by atoms with Crippen molar-refractivity contribution in [1.29, 1.82) is 0 Å². The average Bonchev–Trinajstić information content (AvgIpc) is 2.90. The van der Waals surface area contributed by atoms with Gasteiger partial charge in [-0.3, -0.25) is 4.98 Å². The third kappa shape index (κ3) is 3.20. The molecule has 108 valence electrons. The SMILES string of the molecule is CC(Cc1cccs1)N(C)S(=O)(=O)c1cnccc1Cl. The highest BCUT2D eigenvalue weighted by Gasteiger charge is 2.27. The van der Waals surface area contributed by atoms with Gasteiger partial charge in [0.1, 0.15) is 4.90 Å². The van der Waals surface area contributed by atoms with E-state index in [1.807, 2.05) is 24.4 Å². The van der Waals surface area contributed by atoms with Crippen LogP contribution in [0.4, 0.5) is 0 Å². The van der Waals surface area contributed by atoms with E-state index >= 15 is 0 Å². The van der Waals surface area contributed by atoms with Gasteiger partial charge in [0.2, 0.25) is 10.0 Å². The zero-order valence-electron chi connectivity index (χ0n) is 11.2. The maximum atomic E-state index is 12.5. The molecule has 0 aliphatic carbocycles. The van der Waals surface area contributed by atoms with Crippen molar-refractivity contribution in [3.8, 4) is 0 Å². The standard InChI is InChI=1S/C13H15ClN2O2S2/c1-10(8-11-4-3-7-19-11)16(2)20(17,18)13-9-15-6-5-12(13)14/h3-7,9-10H,8H2,1-2H3. The van der Waals surface area contributed by atoms with E-state index in [9.17, 15) is 8.42 Å². The minimum Gasteiger partial charge on any atom is -0.263 e. The van der Waals surface area contributed by atoms with Crippen LogP contribution in [0.15, 0.2) is 40.9 Å². The molecule has 0 radical (unpaired) electrons. The van der Waals surface area contributed by atoms with Gasteiger partial charge in [0.15, 0.2) is 0 Å². The van der Waals surface area contributed by atoms with Crippen molar-refractivity contribution in [3.63, 3.8) is 0 Å². The van der Waals surface area contributed by atoms with Crippen LogP contribution in [0, 0.1) is 0 Å². The van der Waals surface area contributed by atoms with Gasteiger partial charge in [-0.05, 0) is 30.9 Å². The molecular formula is C13H15ClN2O2S2. The molecule has 0 aliphatic rings. The van der Waals surface area contributed by atoms with Crippen LogP contribution in [0.2, 0.25) is 5.02 Å². The molecule has 0 spiro atoms. The lowest BCUT2D eigenvalue weighted by atomic mass is 10.2. The Balaban J connectivity index is 2.23. The first-order chi connectivity index (χ1) is 9.43. The summed E-state index contributed by atoms with van der Waals surface area (Å²) in [4.78, 5) is 5.03. The number of aromatic nitrogens is 1. The summed E-state index contributed by atoms with van der Waals surface area (Å²) >= 11 is 7.57. The summed E-state index contributed by atoms with van der Waals surface area (Å²) < 4.78 is 26.4. The van der Waals surface area contributed by atoms with Gasteiger partial charge in [0, 0.05) is 30.4 Å². The molecule has 20 heavy (non-hydrogen) atoms. The van der Waals surface area contributed by atoms with Crippen molar-refractivity contribution in [2.24, 2.45) is 0 Å². The fourth-order valence-corrected chi connectivity index (χ4v) is 4.38. The van der Waals surface area contributed by atoms with E-state index in [1.165, 1.54) is 22.8 Å². The van der Waals surface area contributed by atoms with Gasteiger partial charge < -0.3 is 0 Å². The highest BCUT2D eigenvalue weighted by Crippen LogP contribution is 2.25. The van der Waals surface area contributed by atoms with Gasteiger partial charge in [-0.1, -0.05) is 17.7 Å². The maximum absolute atomic E-state index is 12.5. The van der Waals surface area contributed by atoms with Crippen LogP contribution in [0.1, 0.15) is 11.8 Å². The highest BCUT2D eigenvalue weighted by atomic mass is 35.5. The van der Waals surface area contributed by atoms with Gasteiger partial charge in [-0.15, -0.1) is 11.3 Å². The fourth-order valence-electron chi connectivity index (χ4n) is 1.79. The molecule has 2 rings (SSSR count). The highest BCUT2D eigenvalue weighted by molar-refractivity contribution is 7.89. The Morgan fingerprint density at radius 3 is 2.80 bits per heavy atom. The van der Waals surface area contributed by atoms with E-state index in [0.717, 1.165) is 4.88 Å². The van der Waals surface area contributed by atoms with Gasteiger partial charge in [-0.25, -0.2) is 8.42 Å². The van der Waals surface area contributed by atoms with Gasteiger partial charge in [0.05, 0.1) is 5.02 Å². The van der Waals surface area contributed by atoms with Crippen molar-refractivity contribution in [2.75, 3.05) is 7.05 Å². The molecule has 4 nitrogen and oxygen atoms in total. The largest absolute Gasteiger partial charge is 0.263 e. The number of hydrogen-bond donors (Lipinski definition) is 0. The lowest BCUT2D eigenvalue weighted by molar-refractivity contribution is 0.388. The molecular weight excluding hydrogens is 316 g/mol. The van der Waals surface area contributed by atoms with E-state index in [-0.39, 0.29) is 16.0 Å². The second-order valence-corrected chi connectivity index (χ2v) is 7.87. The predicted octanol–water partition coefficient (Wildman–Crippen LogP) is 3.05. The fraction of sp³-hybridized carbons (Fsp3) is 0.308. The maximum Gasteiger partial charge on any atom is 0.246 e. The number of nitrogens with zero attached hydrogens (tertiary/aromatic N) is 2. The molecule has 1 unspecified atom stereocenters. The van der Waals surface area contributed by atoms with Crippen LogP contribution >= 0.6 is 22.9 Å². The van der Waals surface area contributed by atoms with Crippen LogP contribution in [-0.4, -0.2) is 30.8 Å². The first kappa shape index (κ1) is 15.4. The van der Waals surface area contributed by atoms with Gasteiger partial charge >= 0.3 is 0 Å². The second kappa shape index (κ2) is 6.22. The van der Waals surface area contributed by atoms with Crippen molar-refractivity contribution >= 4 is 33.0 Å². The molecule has 0 aromatic carbocycles. The number of rotatable bonds is 5. The third-order valence-corrected chi connectivity index (χ3v) is 6.43. The van der Waals surface area contributed by atoms with Crippen molar-refractivity contribution in [2.45, 2.75) is 24.3 Å². The molecule has 2 aromatic heterocycles. The molecule has 0 saturated carbocycles.